The highest BCUT2D eigenvalue weighted by Gasteiger charge is 2.18. The number of nitrogens with two attached hydrogens (primary N) is 1. The van der Waals surface area contributed by atoms with E-state index in [9.17, 15) is 4.39 Å². The van der Waals surface area contributed by atoms with Crippen LogP contribution >= 0.6 is 11.6 Å². The molecule has 0 amide bonds. The van der Waals surface area contributed by atoms with Gasteiger partial charge in [-0.05, 0) is 18.2 Å². The molecule has 0 aliphatic carbocycles. The van der Waals surface area contributed by atoms with Crippen LogP contribution in [0.5, 0.6) is 0 Å². The Morgan fingerprint density at radius 3 is 2.95 bits per heavy atom. The molecule has 104 valence electrons. The predicted octanol–water partition coefficient (Wildman–Crippen LogP) is 2.29. The summed E-state index contributed by atoms with van der Waals surface area (Å²) in [5.41, 5.74) is 4.94. The van der Waals surface area contributed by atoms with Gasteiger partial charge in [0.15, 0.2) is 5.82 Å². The Bertz CT molecular complexity index is 648. The molecule has 2 heterocycles. The van der Waals surface area contributed by atoms with Gasteiger partial charge in [-0.1, -0.05) is 11.6 Å². The largest absolute Gasteiger partial charge is 0.376 e. The maximum absolute atomic E-state index is 13.2. The lowest BCUT2D eigenvalue weighted by molar-refractivity contribution is 0.109. The Morgan fingerprint density at radius 2 is 2.20 bits per heavy atom. The summed E-state index contributed by atoms with van der Waals surface area (Å²) in [4.78, 5) is 8.83. The lowest BCUT2D eigenvalue weighted by Gasteiger charge is -2.19. The topological polar surface area (TPSA) is 73.1 Å². The quantitative estimate of drug-likeness (QED) is 0.657. The first-order chi connectivity index (χ1) is 9.69. The van der Waals surface area contributed by atoms with Crippen LogP contribution in [-0.4, -0.2) is 16.6 Å². The van der Waals surface area contributed by atoms with E-state index in [0.29, 0.717) is 36.8 Å². The molecule has 0 atom stereocenters. The van der Waals surface area contributed by atoms with Crippen LogP contribution in [0, 0.1) is 5.82 Å². The monoisotopic (exact) mass is 294 g/mol. The second-order valence-corrected chi connectivity index (χ2v) is 4.80. The summed E-state index contributed by atoms with van der Waals surface area (Å²) in [6, 6.07) is 4.37. The van der Waals surface area contributed by atoms with Crippen molar-refractivity contribution in [1.82, 2.24) is 9.97 Å². The Morgan fingerprint density at radius 1 is 1.35 bits per heavy atom. The molecule has 2 aromatic rings. The first kappa shape index (κ1) is 13.2. The summed E-state index contributed by atoms with van der Waals surface area (Å²) in [6.45, 7) is 1.04. The van der Waals surface area contributed by atoms with E-state index in [1.54, 1.807) is 6.07 Å². The van der Waals surface area contributed by atoms with Crippen molar-refractivity contribution in [2.75, 3.05) is 12.0 Å². The lowest BCUT2D eigenvalue weighted by Crippen LogP contribution is -2.19. The van der Waals surface area contributed by atoms with Crippen LogP contribution < -0.4 is 11.3 Å². The van der Waals surface area contributed by atoms with Gasteiger partial charge < -0.3 is 10.2 Å². The van der Waals surface area contributed by atoms with Crippen molar-refractivity contribution in [1.29, 1.82) is 0 Å². The van der Waals surface area contributed by atoms with Gasteiger partial charge in [0, 0.05) is 17.5 Å². The Hall–Kier alpha value is -1.76. The Kier molecular flexibility index (Phi) is 3.52. The molecule has 0 radical (unpaired) electrons. The number of nitrogens with one attached hydrogen (secondary N) is 1. The lowest BCUT2D eigenvalue weighted by atomic mass is 10.1. The number of anilines is 1. The van der Waals surface area contributed by atoms with Crippen molar-refractivity contribution in [3.05, 3.63) is 40.3 Å². The van der Waals surface area contributed by atoms with Gasteiger partial charge in [-0.3, -0.25) is 0 Å². The predicted molar refractivity (Wildman–Crippen MR) is 73.6 cm³/mol. The first-order valence-corrected chi connectivity index (χ1v) is 6.46. The summed E-state index contributed by atoms with van der Waals surface area (Å²) in [7, 11) is 0. The van der Waals surface area contributed by atoms with Crippen molar-refractivity contribution in [2.45, 2.75) is 13.0 Å². The number of hydrogen-bond acceptors (Lipinski definition) is 5. The zero-order valence-electron chi connectivity index (χ0n) is 10.5. The van der Waals surface area contributed by atoms with Crippen molar-refractivity contribution in [3.8, 4) is 11.4 Å². The number of aromatic nitrogens is 2. The molecular weight excluding hydrogens is 283 g/mol. The van der Waals surface area contributed by atoms with E-state index in [1.165, 1.54) is 12.1 Å². The fourth-order valence-corrected chi connectivity index (χ4v) is 2.30. The molecule has 0 unspecified atom stereocenters. The number of fused-ring (bicyclic) bond motifs is 1. The number of ether oxygens (including phenoxy) is 1. The number of nitrogen functional groups attached to an aromatic ring is 1. The SMILES string of the molecule is NNc1nc(-c2ccc(F)c(Cl)c2)nc2c1COCC2. The van der Waals surface area contributed by atoms with Gasteiger partial charge in [0.2, 0.25) is 0 Å². The van der Waals surface area contributed by atoms with Crippen LogP contribution in [-0.2, 0) is 17.8 Å². The normalized spacial score (nSPS) is 13.9. The fourth-order valence-electron chi connectivity index (χ4n) is 2.12. The average molecular weight is 295 g/mol. The van der Waals surface area contributed by atoms with Gasteiger partial charge in [-0.2, -0.15) is 0 Å². The summed E-state index contributed by atoms with van der Waals surface area (Å²) >= 11 is 5.79. The van der Waals surface area contributed by atoms with Crippen LogP contribution in [0.2, 0.25) is 5.02 Å². The van der Waals surface area contributed by atoms with Crippen LogP contribution in [0.15, 0.2) is 18.2 Å². The Labute approximate surface area is 119 Å². The number of rotatable bonds is 2. The maximum Gasteiger partial charge on any atom is 0.161 e. The standard InChI is InChI=1S/C13H12ClFN4O/c14-9-5-7(1-2-10(9)15)12-17-11-3-4-20-6-8(11)13(18-12)19-16/h1-2,5H,3-4,6,16H2,(H,17,18,19). The molecule has 3 rings (SSSR count). The van der Waals surface area contributed by atoms with Crippen molar-refractivity contribution in [3.63, 3.8) is 0 Å². The number of nitrogens with zero attached hydrogens (tertiary/aromatic N) is 2. The minimum atomic E-state index is -0.473. The van der Waals surface area contributed by atoms with Gasteiger partial charge in [-0.25, -0.2) is 20.2 Å². The van der Waals surface area contributed by atoms with Gasteiger partial charge in [0.25, 0.3) is 0 Å². The molecule has 3 N–H and O–H groups in total. The number of benzene rings is 1. The average Bonchev–Trinajstić information content (AvgIpc) is 2.49. The third-order valence-corrected chi connectivity index (χ3v) is 3.43. The molecule has 7 heteroatoms. The van der Waals surface area contributed by atoms with Crippen molar-refractivity contribution < 1.29 is 9.13 Å². The van der Waals surface area contributed by atoms with E-state index in [2.05, 4.69) is 15.4 Å². The van der Waals surface area contributed by atoms with Crippen molar-refractivity contribution >= 4 is 17.4 Å². The third-order valence-electron chi connectivity index (χ3n) is 3.14. The Balaban J connectivity index is 2.11. The summed E-state index contributed by atoms with van der Waals surface area (Å²) in [5, 5.41) is 0.0365. The van der Waals surface area contributed by atoms with Crippen LogP contribution in [0.1, 0.15) is 11.3 Å². The highest BCUT2D eigenvalue weighted by Crippen LogP contribution is 2.27. The van der Waals surface area contributed by atoms with E-state index in [0.717, 1.165) is 11.3 Å². The van der Waals surface area contributed by atoms with E-state index < -0.39 is 5.82 Å². The molecule has 1 aromatic heterocycles. The molecule has 0 saturated heterocycles. The molecule has 5 nitrogen and oxygen atoms in total. The van der Waals surface area contributed by atoms with E-state index >= 15 is 0 Å². The number of halogens is 2. The zero-order valence-corrected chi connectivity index (χ0v) is 11.2. The third kappa shape index (κ3) is 2.33. The summed E-state index contributed by atoms with van der Waals surface area (Å²) in [5.74, 6) is 6.00. The molecule has 20 heavy (non-hydrogen) atoms. The van der Waals surface area contributed by atoms with Gasteiger partial charge >= 0.3 is 0 Å². The molecule has 0 bridgehead atoms. The highest BCUT2D eigenvalue weighted by atomic mass is 35.5. The smallest absolute Gasteiger partial charge is 0.161 e. The second-order valence-electron chi connectivity index (χ2n) is 4.40. The van der Waals surface area contributed by atoms with E-state index in [-0.39, 0.29) is 5.02 Å². The molecular formula is C13H12ClFN4O. The summed E-state index contributed by atoms with van der Waals surface area (Å²) < 4.78 is 18.6. The zero-order chi connectivity index (χ0) is 14.1. The van der Waals surface area contributed by atoms with Crippen molar-refractivity contribution in [2.24, 2.45) is 5.84 Å². The van der Waals surface area contributed by atoms with Crippen LogP contribution in [0.25, 0.3) is 11.4 Å². The molecule has 1 aromatic carbocycles. The molecule has 0 spiro atoms. The van der Waals surface area contributed by atoms with Gasteiger partial charge in [0.05, 0.1) is 23.9 Å². The van der Waals surface area contributed by atoms with Crippen LogP contribution in [0.4, 0.5) is 10.2 Å². The number of hydrazine groups is 1. The minimum absolute atomic E-state index is 0.0365. The van der Waals surface area contributed by atoms with E-state index in [4.69, 9.17) is 22.2 Å². The van der Waals surface area contributed by atoms with Crippen LogP contribution in [0.3, 0.4) is 0 Å². The fraction of sp³-hybridized carbons (Fsp3) is 0.231. The molecule has 1 aliphatic heterocycles. The van der Waals surface area contributed by atoms with Gasteiger partial charge in [-0.15, -0.1) is 0 Å². The first-order valence-electron chi connectivity index (χ1n) is 6.08. The summed E-state index contributed by atoms with van der Waals surface area (Å²) in [6.07, 6.45) is 0.689. The highest BCUT2D eigenvalue weighted by molar-refractivity contribution is 6.31. The van der Waals surface area contributed by atoms with E-state index in [1.807, 2.05) is 0 Å². The second kappa shape index (κ2) is 5.32. The molecule has 0 saturated carbocycles. The van der Waals surface area contributed by atoms with Gasteiger partial charge in [0.1, 0.15) is 11.6 Å². The minimum Gasteiger partial charge on any atom is -0.376 e. The number of hydrogen-bond donors (Lipinski definition) is 2. The molecule has 0 fully saturated rings. The maximum atomic E-state index is 13.2. The molecule has 1 aliphatic rings.